The highest BCUT2D eigenvalue weighted by Crippen LogP contribution is 2.39. The van der Waals surface area contributed by atoms with Gasteiger partial charge in [-0.3, -0.25) is 9.59 Å². The SMILES string of the molecule is CC(=O)NC(CNc1cccc([N+](=C=O)CCCCC2CCSS2)c1)C(O)C(OC1OC(CO)C(O)C(O)C1NC(C)=O)C(O)CO. The number of carbonyl (C=O) groups excluding carboxylic acids is 3. The lowest BCUT2D eigenvalue weighted by molar-refractivity contribution is -0.438. The minimum absolute atomic E-state index is 0.106. The average molecular weight is 704 g/mol. The second kappa shape index (κ2) is 19.7. The van der Waals surface area contributed by atoms with Crippen LogP contribution in [0.5, 0.6) is 0 Å². The number of benzene rings is 1. The Kier molecular flexibility index (Phi) is 16.4. The van der Waals surface area contributed by atoms with E-state index in [0.29, 0.717) is 23.2 Å². The maximum Gasteiger partial charge on any atom is 0.430 e. The first-order chi connectivity index (χ1) is 22.5. The fourth-order valence-corrected chi connectivity index (χ4v) is 8.46. The molecule has 10 atom stereocenters. The smallest absolute Gasteiger partial charge is 0.394 e. The number of ether oxygens (including phenoxy) is 2. The molecule has 3 rings (SSSR count). The van der Waals surface area contributed by atoms with Crippen LogP contribution in [-0.4, -0.2) is 145 Å². The van der Waals surface area contributed by atoms with Crippen molar-refractivity contribution < 1.29 is 59.1 Å². The first-order valence-corrected chi connectivity index (χ1v) is 17.9. The predicted molar refractivity (Wildman–Crippen MR) is 175 cm³/mol. The van der Waals surface area contributed by atoms with Crippen LogP contribution in [0.2, 0.25) is 0 Å². The summed E-state index contributed by atoms with van der Waals surface area (Å²) in [6.45, 7) is 1.16. The number of anilines is 1. The fraction of sp³-hybridized carbons (Fsp3) is 0.700. The summed E-state index contributed by atoms with van der Waals surface area (Å²) < 4.78 is 12.9. The zero-order valence-electron chi connectivity index (χ0n) is 26.4. The predicted octanol–water partition coefficient (Wildman–Crippen LogP) is -1.05. The lowest BCUT2D eigenvalue weighted by Gasteiger charge is -2.44. The third-order valence-corrected chi connectivity index (χ3v) is 10.9. The van der Waals surface area contributed by atoms with Crippen LogP contribution >= 0.6 is 21.6 Å². The Balaban J connectivity index is 1.73. The van der Waals surface area contributed by atoms with Crippen LogP contribution < -0.4 is 16.0 Å². The third-order valence-electron chi connectivity index (χ3n) is 7.93. The molecule has 2 amide bonds. The van der Waals surface area contributed by atoms with E-state index in [1.54, 1.807) is 24.3 Å². The molecule has 0 saturated carbocycles. The van der Waals surface area contributed by atoms with Crippen molar-refractivity contribution in [3.63, 3.8) is 0 Å². The first-order valence-electron chi connectivity index (χ1n) is 15.6. The standard InChI is InChI=1S/C30H46N4O11S2/c1-17(38)32-22(13-31-19-6-5-7-20(12-19)34(16-37)10-4-3-8-21-9-11-46-47-21)26(41)29(23(40)14-35)45-30-25(33-18(2)39)28(43)27(42)24(15-36)44-30/h5-7,12,21-31,35-36,40-43H,3-4,8-11,13-15H2,1-2H3,(H-,32,33,38,39)/p+1. The lowest BCUT2D eigenvalue weighted by atomic mass is 9.96. The minimum Gasteiger partial charge on any atom is -0.394 e. The van der Waals surface area contributed by atoms with Crippen molar-refractivity contribution in [2.45, 2.75) is 99.8 Å². The molecular formula is C30H47N4O11S2+. The fourth-order valence-electron chi connectivity index (χ4n) is 5.44. The largest absolute Gasteiger partial charge is 0.430 e. The summed E-state index contributed by atoms with van der Waals surface area (Å²) in [4.78, 5) is 35.8. The Morgan fingerprint density at radius 2 is 1.91 bits per heavy atom. The molecule has 2 heterocycles. The van der Waals surface area contributed by atoms with Crippen molar-refractivity contribution in [3.8, 4) is 0 Å². The van der Waals surface area contributed by atoms with Gasteiger partial charge in [-0.25, -0.2) is 0 Å². The second-order valence-electron chi connectivity index (χ2n) is 11.6. The number of rotatable bonds is 18. The molecule has 17 heteroatoms. The summed E-state index contributed by atoms with van der Waals surface area (Å²) in [7, 11) is 3.82. The van der Waals surface area contributed by atoms with E-state index in [4.69, 9.17) is 9.47 Å². The summed E-state index contributed by atoms with van der Waals surface area (Å²) in [5, 5.41) is 71.1. The van der Waals surface area contributed by atoms with Crippen molar-refractivity contribution in [2.24, 2.45) is 0 Å². The Morgan fingerprint density at radius 1 is 1.15 bits per heavy atom. The molecule has 2 aliphatic rings. The normalized spacial score (nSPS) is 26.8. The Hall–Kier alpha value is -2.28. The zero-order chi connectivity index (χ0) is 34.5. The highest BCUT2D eigenvalue weighted by Gasteiger charge is 2.48. The van der Waals surface area contributed by atoms with Crippen molar-refractivity contribution in [3.05, 3.63) is 24.3 Å². The van der Waals surface area contributed by atoms with Gasteiger partial charge in [0.2, 0.25) is 17.5 Å². The van der Waals surface area contributed by atoms with Gasteiger partial charge in [0.05, 0.1) is 19.3 Å². The van der Waals surface area contributed by atoms with Gasteiger partial charge in [0.1, 0.15) is 42.7 Å². The molecular weight excluding hydrogens is 656 g/mol. The van der Waals surface area contributed by atoms with Crippen LogP contribution in [0.25, 0.3) is 0 Å². The second-order valence-corrected chi connectivity index (χ2v) is 14.4. The maximum absolute atomic E-state index is 12.1. The van der Waals surface area contributed by atoms with E-state index in [2.05, 4.69) is 16.0 Å². The summed E-state index contributed by atoms with van der Waals surface area (Å²) in [6, 6.07) is 4.43. The van der Waals surface area contributed by atoms with Gasteiger partial charge < -0.3 is 56.1 Å². The molecule has 264 valence electrons. The Bertz CT molecular complexity index is 1200. The molecule has 0 aromatic heterocycles. The molecule has 9 N–H and O–H groups in total. The number of amides is 2. The maximum atomic E-state index is 12.1. The molecule has 1 aromatic carbocycles. The van der Waals surface area contributed by atoms with Gasteiger partial charge in [-0.1, -0.05) is 27.7 Å². The number of aliphatic hydroxyl groups excluding tert-OH is 6. The first kappa shape index (κ1) is 39.2. The van der Waals surface area contributed by atoms with Gasteiger partial charge in [0.15, 0.2) is 12.8 Å². The summed E-state index contributed by atoms with van der Waals surface area (Å²) in [6.07, 6.45) is -5.19. The number of hydrogen-bond acceptors (Lipinski definition) is 14. The molecule has 0 spiro atoms. The number of carbonyl (C=O) groups is 2. The van der Waals surface area contributed by atoms with E-state index in [1.807, 2.05) is 27.7 Å². The molecule has 2 aliphatic heterocycles. The summed E-state index contributed by atoms with van der Waals surface area (Å²) in [5.74, 6) is 0.0334. The number of unbranched alkanes of at least 4 members (excludes halogenated alkanes) is 1. The van der Waals surface area contributed by atoms with E-state index < -0.39 is 80.0 Å². The highest BCUT2D eigenvalue weighted by molar-refractivity contribution is 8.77. The van der Waals surface area contributed by atoms with Crippen LogP contribution in [-0.2, 0) is 23.9 Å². The van der Waals surface area contributed by atoms with Crippen LogP contribution in [0.4, 0.5) is 11.4 Å². The average Bonchev–Trinajstić information content (AvgIpc) is 3.57. The minimum atomic E-state index is -1.73. The van der Waals surface area contributed by atoms with Gasteiger partial charge in [0, 0.05) is 55.6 Å². The molecule has 15 nitrogen and oxygen atoms in total. The number of nitrogens with one attached hydrogen (secondary N) is 3. The van der Waals surface area contributed by atoms with E-state index in [0.717, 1.165) is 26.2 Å². The van der Waals surface area contributed by atoms with E-state index in [1.165, 1.54) is 23.7 Å². The molecule has 2 fully saturated rings. The van der Waals surface area contributed by atoms with Crippen molar-refractivity contribution in [2.75, 3.05) is 37.4 Å². The van der Waals surface area contributed by atoms with Crippen LogP contribution in [0.15, 0.2) is 24.3 Å². The highest BCUT2D eigenvalue weighted by atomic mass is 33.1. The molecule has 1 aromatic rings. The van der Waals surface area contributed by atoms with Crippen molar-refractivity contribution in [1.29, 1.82) is 0 Å². The van der Waals surface area contributed by atoms with Gasteiger partial charge in [0.25, 0.3) is 0 Å². The zero-order valence-corrected chi connectivity index (χ0v) is 28.1. The number of aliphatic hydroxyl groups is 6. The quantitative estimate of drug-likeness (QED) is 0.0292. The van der Waals surface area contributed by atoms with Gasteiger partial charge in [-0.15, -0.1) is 4.58 Å². The number of hydrogen-bond donors (Lipinski definition) is 9. The summed E-state index contributed by atoms with van der Waals surface area (Å²) in [5.41, 5.74) is 1.15. The molecule has 0 aliphatic carbocycles. The molecule has 47 heavy (non-hydrogen) atoms. The lowest BCUT2D eigenvalue weighted by Crippen LogP contribution is -2.66. The van der Waals surface area contributed by atoms with Crippen LogP contribution in [0.1, 0.15) is 39.5 Å². The topological polar surface area (TPSA) is 230 Å². The Morgan fingerprint density at radius 3 is 2.53 bits per heavy atom. The van der Waals surface area contributed by atoms with E-state index >= 15 is 0 Å². The van der Waals surface area contributed by atoms with E-state index in [-0.39, 0.29) is 6.54 Å². The molecule has 10 unspecified atom stereocenters. The van der Waals surface area contributed by atoms with Gasteiger partial charge >= 0.3 is 6.08 Å². The molecule has 2 saturated heterocycles. The third kappa shape index (κ3) is 11.7. The van der Waals surface area contributed by atoms with Gasteiger partial charge in [-0.05, 0) is 25.3 Å². The summed E-state index contributed by atoms with van der Waals surface area (Å²) >= 11 is 0. The van der Waals surface area contributed by atoms with E-state index in [9.17, 15) is 45.0 Å². The number of nitrogens with zero attached hydrogens (tertiary/aromatic N) is 1. The Labute approximate surface area is 281 Å². The number of isocyanates is 1. The monoisotopic (exact) mass is 703 g/mol. The van der Waals surface area contributed by atoms with Crippen LogP contribution in [0.3, 0.4) is 0 Å². The van der Waals surface area contributed by atoms with Crippen LogP contribution in [0, 0.1) is 0 Å². The molecule has 0 radical (unpaired) electrons. The van der Waals surface area contributed by atoms with Crippen molar-refractivity contribution >= 4 is 50.9 Å². The molecule has 0 bridgehead atoms. The van der Waals surface area contributed by atoms with Crippen molar-refractivity contribution in [1.82, 2.24) is 10.6 Å². The van der Waals surface area contributed by atoms with Gasteiger partial charge in [-0.2, -0.15) is 4.79 Å².